The lowest BCUT2D eigenvalue weighted by Gasteiger charge is -2.04. The van der Waals surface area contributed by atoms with Crippen LogP contribution < -0.4 is 0 Å². The highest BCUT2D eigenvalue weighted by atomic mass is 32.2. The van der Waals surface area contributed by atoms with Crippen LogP contribution in [0, 0.1) is 10.1 Å². The van der Waals surface area contributed by atoms with Crippen LogP contribution >= 0.6 is 11.8 Å². The number of hydrogen-bond acceptors (Lipinski definition) is 5. The normalized spacial score (nSPS) is 10.4. The second-order valence-electron chi connectivity index (χ2n) is 3.92. The molecule has 0 N–H and O–H groups in total. The van der Waals surface area contributed by atoms with Crippen molar-refractivity contribution < 1.29 is 9.72 Å². The third kappa shape index (κ3) is 2.82. The molecule has 1 heterocycles. The van der Waals surface area contributed by atoms with E-state index >= 15 is 0 Å². The maximum Gasteiger partial charge on any atom is 0.281 e. The zero-order valence-electron chi connectivity index (χ0n) is 10.4. The van der Waals surface area contributed by atoms with Gasteiger partial charge in [0.1, 0.15) is 0 Å². The molecule has 1 aromatic heterocycles. The summed E-state index contributed by atoms with van der Waals surface area (Å²) in [6.45, 7) is 1.31. The minimum Gasteiger partial charge on any atom is -0.329 e. The summed E-state index contributed by atoms with van der Waals surface area (Å²) >= 11 is 1.31. The monoisotopic (exact) mass is 277 g/mol. The number of carbonyl (C=O) groups is 1. The van der Waals surface area contributed by atoms with Crippen molar-refractivity contribution >= 4 is 23.2 Å². The van der Waals surface area contributed by atoms with Gasteiger partial charge in [0.25, 0.3) is 5.69 Å². The van der Waals surface area contributed by atoms with Crippen LogP contribution in [0.2, 0.25) is 0 Å². The van der Waals surface area contributed by atoms with E-state index in [2.05, 4.69) is 4.98 Å². The Labute approximate surface area is 113 Å². The zero-order chi connectivity index (χ0) is 14.0. The van der Waals surface area contributed by atoms with E-state index in [9.17, 15) is 14.9 Å². The zero-order valence-corrected chi connectivity index (χ0v) is 11.2. The second kappa shape index (κ2) is 5.23. The Kier molecular flexibility index (Phi) is 3.66. The molecule has 2 rings (SSSR count). The fourth-order valence-corrected chi connectivity index (χ4v) is 2.42. The summed E-state index contributed by atoms with van der Waals surface area (Å²) in [6.07, 6.45) is 3.45. The molecule has 0 aliphatic heterocycles. The van der Waals surface area contributed by atoms with Crippen LogP contribution in [0.15, 0.2) is 40.6 Å². The van der Waals surface area contributed by atoms with Gasteiger partial charge < -0.3 is 4.57 Å². The van der Waals surface area contributed by atoms with E-state index < -0.39 is 4.92 Å². The van der Waals surface area contributed by atoms with Crippen molar-refractivity contribution in [3.8, 4) is 0 Å². The molecule has 0 fully saturated rings. The molecule has 0 amide bonds. The summed E-state index contributed by atoms with van der Waals surface area (Å²) in [5.74, 6) is -0.319. The van der Waals surface area contributed by atoms with Crippen molar-refractivity contribution in [1.29, 1.82) is 0 Å². The number of aryl methyl sites for hydroxylation is 1. The number of carbonyl (C=O) groups excluding carboxylic acids is 1. The molecule has 0 spiro atoms. The summed E-state index contributed by atoms with van der Waals surface area (Å²) in [5.41, 5.74) is -0.0547. The topological polar surface area (TPSA) is 78.0 Å². The number of nitro benzene ring substituents is 1. The van der Waals surface area contributed by atoms with Gasteiger partial charge in [-0.15, -0.1) is 0 Å². The lowest BCUT2D eigenvalue weighted by molar-refractivity contribution is -0.385. The summed E-state index contributed by atoms with van der Waals surface area (Å²) in [6, 6.07) is 4.56. The highest BCUT2D eigenvalue weighted by Crippen LogP contribution is 2.30. The lowest BCUT2D eigenvalue weighted by Crippen LogP contribution is -2.00. The van der Waals surface area contributed by atoms with Crippen molar-refractivity contribution in [2.45, 2.75) is 17.0 Å². The van der Waals surface area contributed by atoms with Crippen LogP contribution in [0.5, 0.6) is 0 Å². The predicted molar refractivity (Wildman–Crippen MR) is 70.4 cm³/mol. The van der Waals surface area contributed by atoms with Gasteiger partial charge in [0.15, 0.2) is 10.9 Å². The number of hydrogen-bond donors (Lipinski definition) is 0. The standard InChI is InChI=1S/C12H11N3O3S/c1-8(16)10-4-3-9(7-11(10)15(17)18)19-12-13-5-6-14(12)2/h3-7H,1-2H3. The van der Waals surface area contributed by atoms with E-state index in [1.807, 2.05) is 11.6 Å². The Morgan fingerprint density at radius 3 is 2.74 bits per heavy atom. The third-order valence-corrected chi connectivity index (χ3v) is 3.60. The van der Waals surface area contributed by atoms with Gasteiger partial charge in [-0.25, -0.2) is 4.98 Å². The second-order valence-corrected chi connectivity index (χ2v) is 4.96. The van der Waals surface area contributed by atoms with Crippen LogP contribution in [0.25, 0.3) is 0 Å². The number of nitro groups is 1. The van der Waals surface area contributed by atoms with Gasteiger partial charge >= 0.3 is 0 Å². The SMILES string of the molecule is CC(=O)c1ccc(Sc2nccn2C)cc1[N+](=O)[O-]. The Hall–Kier alpha value is -2.15. The Bertz CT molecular complexity index is 651. The first-order chi connectivity index (χ1) is 8.99. The average Bonchev–Trinajstić information content (AvgIpc) is 2.74. The molecule has 0 atom stereocenters. The fourth-order valence-electron chi connectivity index (χ4n) is 1.58. The number of nitrogens with zero attached hydrogens (tertiary/aromatic N) is 3. The molecule has 6 nitrogen and oxygen atoms in total. The highest BCUT2D eigenvalue weighted by Gasteiger charge is 2.18. The summed E-state index contributed by atoms with van der Waals surface area (Å²) in [5, 5.41) is 11.7. The van der Waals surface area contributed by atoms with Crippen molar-refractivity contribution in [2.75, 3.05) is 0 Å². The smallest absolute Gasteiger partial charge is 0.281 e. The van der Waals surface area contributed by atoms with Crippen molar-refractivity contribution in [3.63, 3.8) is 0 Å². The molecule has 0 saturated heterocycles. The van der Waals surface area contributed by atoms with E-state index in [0.29, 0.717) is 4.90 Å². The number of ketones is 1. The predicted octanol–water partition coefficient (Wildman–Crippen LogP) is 2.68. The molecule has 0 unspecified atom stereocenters. The fraction of sp³-hybridized carbons (Fsp3) is 0.167. The van der Waals surface area contributed by atoms with Gasteiger partial charge in [-0.05, 0) is 19.1 Å². The van der Waals surface area contributed by atoms with Gasteiger partial charge in [-0.2, -0.15) is 0 Å². The van der Waals surface area contributed by atoms with Crippen LogP contribution in [-0.2, 0) is 7.05 Å². The number of benzene rings is 1. The van der Waals surface area contributed by atoms with Crippen molar-refractivity contribution in [2.24, 2.45) is 7.05 Å². The van der Waals surface area contributed by atoms with Gasteiger partial charge in [-0.1, -0.05) is 11.8 Å². The third-order valence-electron chi connectivity index (χ3n) is 2.53. The quantitative estimate of drug-likeness (QED) is 0.487. The minimum absolute atomic E-state index is 0.120. The molecule has 0 saturated carbocycles. The Morgan fingerprint density at radius 1 is 1.47 bits per heavy atom. The van der Waals surface area contributed by atoms with Crippen molar-refractivity contribution in [3.05, 3.63) is 46.3 Å². The Balaban J connectivity index is 2.39. The van der Waals surface area contributed by atoms with E-state index in [0.717, 1.165) is 5.16 Å². The number of aromatic nitrogens is 2. The molecule has 2 aromatic rings. The minimum atomic E-state index is -0.542. The highest BCUT2D eigenvalue weighted by molar-refractivity contribution is 7.99. The van der Waals surface area contributed by atoms with Gasteiger partial charge in [-0.3, -0.25) is 14.9 Å². The molecule has 1 aromatic carbocycles. The van der Waals surface area contributed by atoms with Crippen LogP contribution in [0.1, 0.15) is 17.3 Å². The molecule has 7 heteroatoms. The number of imidazole rings is 1. The van der Waals surface area contributed by atoms with Gasteiger partial charge in [0, 0.05) is 30.4 Å². The first-order valence-electron chi connectivity index (χ1n) is 5.43. The summed E-state index contributed by atoms with van der Waals surface area (Å²) < 4.78 is 1.81. The first-order valence-corrected chi connectivity index (χ1v) is 6.25. The first kappa shape index (κ1) is 13.3. The van der Waals surface area contributed by atoms with Gasteiger partial charge in [0.2, 0.25) is 0 Å². The maximum atomic E-state index is 11.3. The van der Waals surface area contributed by atoms with E-state index in [1.54, 1.807) is 18.5 Å². The summed E-state index contributed by atoms with van der Waals surface area (Å²) in [7, 11) is 1.84. The Morgan fingerprint density at radius 2 is 2.21 bits per heavy atom. The van der Waals surface area contributed by atoms with Crippen LogP contribution in [0.4, 0.5) is 5.69 Å². The maximum absolute atomic E-state index is 11.3. The van der Waals surface area contributed by atoms with Crippen LogP contribution in [0.3, 0.4) is 0 Å². The number of rotatable bonds is 4. The molecule has 0 aliphatic rings. The molecule has 0 bridgehead atoms. The van der Waals surface area contributed by atoms with Gasteiger partial charge in [0.05, 0.1) is 10.5 Å². The molecule has 19 heavy (non-hydrogen) atoms. The molecular weight excluding hydrogens is 266 g/mol. The van der Waals surface area contributed by atoms with E-state index in [1.165, 1.54) is 30.8 Å². The average molecular weight is 277 g/mol. The van der Waals surface area contributed by atoms with Crippen molar-refractivity contribution in [1.82, 2.24) is 9.55 Å². The number of Topliss-reactive ketones (excluding diaryl/α,β-unsaturated/α-hetero) is 1. The molecule has 0 radical (unpaired) electrons. The van der Waals surface area contributed by atoms with Crippen LogP contribution in [-0.4, -0.2) is 20.3 Å². The van der Waals surface area contributed by atoms with E-state index in [-0.39, 0.29) is 17.0 Å². The largest absolute Gasteiger partial charge is 0.329 e. The summed E-state index contributed by atoms with van der Waals surface area (Å²) in [4.78, 5) is 26.6. The van der Waals surface area contributed by atoms with E-state index in [4.69, 9.17) is 0 Å². The lowest BCUT2D eigenvalue weighted by atomic mass is 10.1. The molecule has 0 aliphatic carbocycles. The molecule has 98 valence electrons. The molecular formula is C12H11N3O3S.